The Labute approximate surface area is 155 Å². The predicted octanol–water partition coefficient (Wildman–Crippen LogP) is 2.62. The van der Waals surface area contributed by atoms with Crippen molar-refractivity contribution in [1.29, 1.82) is 0 Å². The van der Waals surface area contributed by atoms with E-state index < -0.39 is 18.0 Å². The van der Waals surface area contributed by atoms with Crippen molar-refractivity contribution in [2.75, 3.05) is 26.3 Å². The van der Waals surface area contributed by atoms with Gasteiger partial charge in [-0.25, -0.2) is 4.79 Å². The Hall–Kier alpha value is -3.42. The SMILES string of the molecule is COc1ccc(C(=O)O[C@@H](C)C(=O)Nc2ccc3c(c2)OCO3)cc1OC. The van der Waals surface area contributed by atoms with Gasteiger partial charge in [0.05, 0.1) is 19.8 Å². The van der Waals surface area contributed by atoms with E-state index in [4.69, 9.17) is 23.7 Å². The molecule has 0 spiro atoms. The number of methoxy groups -OCH3 is 2. The molecule has 0 bridgehead atoms. The normalized spacial score (nSPS) is 12.9. The summed E-state index contributed by atoms with van der Waals surface area (Å²) in [6, 6.07) is 9.62. The van der Waals surface area contributed by atoms with Gasteiger partial charge in [-0.2, -0.15) is 0 Å². The van der Waals surface area contributed by atoms with Gasteiger partial charge in [0.15, 0.2) is 29.1 Å². The van der Waals surface area contributed by atoms with Gasteiger partial charge in [-0.15, -0.1) is 0 Å². The standard InChI is InChI=1S/C19H19NO7/c1-11(18(21)20-13-5-7-15-17(9-13)26-10-25-15)27-19(22)12-4-6-14(23-2)16(8-12)24-3/h4-9,11H,10H2,1-3H3,(H,20,21)/t11-/m0/s1. The fourth-order valence-corrected chi connectivity index (χ4v) is 2.46. The van der Waals surface area contributed by atoms with Crippen LogP contribution < -0.4 is 24.3 Å². The van der Waals surface area contributed by atoms with E-state index in [9.17, 15) is 9.59 Å². The third-order valence-electron chi connectivity index (χ3n) is 3.91. The molecule has 0 radical (unpaired) electrons. The van der Waals surface area contributed by atoms with Gasteiger partial charge in [0.1, 0.15) is 0 Å². The molecule has 142 valence electrons. The number of amides is 1. The van der Waals surface area contributed by atoms with E-state index >= 15 is 0 Å². The number of hydrogen-bond acceptors (Lipinski definition) is 7. The topological polar surface area (TPSA) is 92.3 Å². The van der Waals surface area contributed by atoms with Crippen molar-refractivity contribution >= 4 is 17.6 Å². The van der Waals surface area contributed by atoms with Crippen LogP contribution >= 0.6 is 0 Å². The van der Waals surface area contributed by atoms with Gasteiger partial charge in [-0.05, 0) is 37.3 Å². The van der Waals surface area contributed by atoms with E-state index in [0.717, 1.165) is 0 Å². The zero-order valence-electron chi connectivity index (χ0n) is 15.1. The number of fused-ring (bicyclic) bond motifs is 1. The average molecular weight is 373 g/mol. The number of esters is 1. The highest BCUT2D eigenvalue weighted by Gasteiger charge is 2.21. The number of hydrogen-bond donors (Lipinski definition) is 1. The Morgan fingerprint density at radius 2 is 1.74 bits per heavy atom. The molecule has 1 N–H and O–H groups in total. The maximum atomic E-state index is 12.3. The molecule has 0 aromatic heterocycles. The molecule has 1 aliphatic heterocycles. The lowest BCUT2D eigenvalue weighted by atomic mass is 10.2. The molecule has 1 heterocycles. The number of carbonyl (C=O) groups excluding carboxylic acids is 2. The Balaban J connectivity index is 1.63. The fourth-order valence-electron chi connectivity index (χ4n) is 2.46. The molecule has 3 rings (SSSR count). The fraction of sp³-hybridized carbons (Fsp3) is 0.263. The van der Waals surface area contributed by atoms with Crippen LogP contribution in [0.25, 0.3) is 0 Å². The van der Waals surface area contributed by atoms with Crippen LogP contribution in [0.4, 0.5) is 5.69 Å². The van der Waals surface area contributed by atoms with Crippen LogP contribution in [0.2, 0.25) is 0 Å². The van der Waals surface area contributed by atoms with Crippen molar-refractivity contribution in [2.45, 2.75) is 13.0 Å². The van der Waals surface area contributed by atoms with Crippen LogP contribution in [-0.2, 0) is 9.53 Å². The van der Waals surface area contributed by atoms with E-state index in [1.54, 1.807) is 24.3 Å². The number of benzene rings is 2. The molecule has 8 nitrogen and oxygen atoms in total. The third-order valence-corrected chi connectivity index (χ3v) is 3.91. The zero-order valence-corrected chi connectivity index (χ0v) is 15.1. The molecular formula is C19H19NO7. The van der Waals surface area contributed by atoms with E-state index in [1.807, 2.05) is 0 Å². The molecule has 0 unspecified atom stereocenters. The highest BCUT2D eigenvalue weighted by atomic mass is 16.7. The first-order valence-corrected chi connectivity index (χ1v) is 8.15. The molecule has 27 heavy (non-hydrogen) atoms. The molecule has 0 saturated heterocycles. The molecule has 0 fully saturated rings. The van der Waals surface area contributed by atoms with Crippen molar-refractivity contribution in [2.24, 2.45) is 0 Å². The first kappa shape index (κ1) is 18.4. The van der Waals surface area contributed by atoms with Crippen molar-refractivity contribution in [3.63, 3.8) is 0 Å². The van der Waals surface area contributed by atoms with Crippen LogP contribution in [0.3, 0.4) is 0 Å². The molecule has 0 aliphatic carbocycles. The highest BCUT2D eigenvalue weighted by Crippen LogP contribution is 2.34. The lowest BCUT2D eigenvalue weighted by molar-refractivity contribution is -0.123. The summed E-state index contributed by atoms with van der Waals surface area (Å²) in [5, 5.41) is 2.67. The summed E-state index contributed by atoms with van der Waals surface area (Å²) in [5.41, 5.74) is 0.758. The van der Waals surface area contributed by atoms with E-state index in [2.05, 4.69) is 5.32 Å². The van der Waals surface area contributed by atoms with Crippen LogP contribution in [0.1, 0.15) is 17.3 Å². The summed E-state index contributed by atoms with van der Waals surface area (Å²) in [6.07, 6.45) is -1.00. The van der Waals surface area contributed by atoms with Crippen LogP contribution in [0.15, 0.2) is 36.4 Å². The van der Waals surface area contributed by atoms with Crippen LogP contribution in [-0.4, -0.2) is 39.0 Å². The Bertz CT molecular complexity index is 865. The van der Waals surface area contributed by atoms with Gasteiger partial charge in [-0.1, -0.05) is 0 Å². The molecule has 1 amide bonds. The van der Waals surface area contributed by atoms with Gasteiger partial charge in [0.25, 0.3) is 5.91 Å². The summed E-state index contributed by atoms with van der Waals surface area (Å²) in [6.45, 7) is 1.63. The van der Waals surface area contributed by atoms with E-state index in [-0.39, 0.29) is 12.4 Å². The second-order valence-electron chi connectivity index (χ2n) is 5.67. The third kappa shape index (κ3) is 4.05. The first-order valence-electron chi connectivity index (χ1n) is 8.15. The molecule has 1 atom stereocenters. The second kappa shape index (κ2) is 7.86. The van der Waals surface area contributed by atoms with E-state index in [1.165, 1.54) is 33.3 Å². The smallest absolute Gasteiger partial charge is 0.339 e. The summed E-state index contributed by atoms with van der Waals surface area (Å²) in [7, 11) is 2.97. The van der Waals surface area contributed by atoms with E-state index in [0.29, 0.717) is 28.7 Å². The zero-order chi connectivity index (χ0) is 19.4. The van der Waals surface area contributed by atoms with Crippen LogP contribution in [0, 0.1) is 0 Å². The monoisotopic (exact) mass is 373 g/mol. The number of carbonyl (C=O) groups is 2. The van der Waals surface area contributed by atoms with Crippen molar-refractivity contribution < 1.29 is 33.3 Å². The Morgan fingerprint density at radius 1 is 1.00 bits per heavy atom. The lowest BCUT2D eigenvalue weighted by Crippen LogP contribution is -2.30. The number of ether oxygens (including phenoxy) is 5. The van der Waals surface area contributed by atoms with Gasteiger partial charge in [-0.3, -0.25) is 4.79 Å². The maximum absolute atomic E-state index is 12.3. The summed E-state index contributed by atoms with van der Waals surface area (Å²) in [4.78, 5) is 24.6. The molecule has 2 aromatic carbocycles. The largest absolute Gasteiger partial charge is 0.493 e. The minimum absolute atomic E-state index is 0.145. The molecule has 0 saturated carbocycles. The average Bonchev–Trinajstić information content (AvgIpc) is 3.15. The summed E-state index contributed by atoms with van der Waals surface area (Å²) < 4.78 is 26.0. The minimum Gasteiger partial charge on any atom is -0.493 e. The molecule has 1 aliphatic rings. The number of nitrogens with one attached hydrogen (secondary N) is 1. The first-order chi connectivity index (χ1) is 13.0. The van der Waals surface area contributed by atoms with Gasteiger partial charge >= 0.3 is 5.97 Å². The highest BCUT2D eigenvalue weighted by molar-refractivity contribution is 5.97. The maximum Gasteiger partial charge on any atom is 0.339 e. The number of rotatable bonds is 6. The predicted molar refractivity (Wildman–Crippen MR) is 95.6 cm³/mol. The quantitative estimate of drug-likeness (QED) is 0.778. The second-order valence-corrected chi connectivity index (χ2v) is 5.67. The van der Waals surface area contributed by atoms with Crippen molar-refractivity contribution in [3.05, 3.63) is 42.0 Å². The van der Waals surface area contributed by atoms with Gasteiger partial charge < -0.3 is 29.0 Å². The Morgan fingerprint density at radius 3 is 2.48 bits per heavy atom. The van der Waals surface area contributed by atoms with Crippen molar-refractivity contribution in [1.82, 2.24) is 0 Å². The van der Waals surface area contributed by atoms with Gasteiger partial charge in [0.2, 0.25) is 6.79 Å². The summed E-state index contributed by atoms with van der Waals surface area (Å²) in [5.74, 6) is 0.919. The molecule has 8 heteroatoms. The Kier molecular flexibility index (Phi) is 5.35. The molecule has 2 aromatic rings. The minimum atomic E-state index is -1.00. The molecular weight excluding hydrogens is 354 g/mol. The summed E-state index contributed by atoms with van der Waals surface area (Å²) >= 11 is 0. The number of anilines is 1. The van der Waals surface area contributed by atoms with Gasteiger partial charge in [0, 0.05) is 11.8 Å². The van der Waals surface area contributed by atoms with Crippen LogP contribution in [0.5, 0.6) is 23.0 Å². The lowest BCUT2D eigenvalue weighted by Gasteiger charge is -2.14. The van der Waals surface area contributed by atoms with Crippen molar-refractivity contribution in [3.8, 4) is 23.0 Å².